The lowest BCUT2D eigenvalue weighted by atomic mass is 9.91. The first kappa shape index (κ1) is 18.4. The second-order valence-electron chi connectivity index (χ2n) is 5.42. The van der Waals surface area contributed by atoms with Gasteiger partial charge >= 0.3 is 11.9 Å². The van der Waals surface area contributed by atoms with E-state index in [1.807, 2.05) is 6.07 Å². The largest absolute Gasteiger partial charge is 0.464 e. The topological polar surface area (TPSA) is 110 Å². The Morgan fingerprint density at radius 2 is 1.84 bits per heavy atom. The van der Waals surface area contributed by atoms with Crippen molar-refractivity contribution in [3.63, 3.8) is 0 Å². The Bertz CT molecular complexity index is 765. The normalized spacial score (nSPS) is 11.2. The first-order valence-electron chi connectivity index (χ1n) is 7.98. The summed E-state index contributed by atoms with van der Waals surface area (Å²) in [7, 11) is 0. The third kappa shape index (κ3) is 3.78. The molecule has 0 saturated heterocycles. The molecule has 0 unspecified atom stereocenters. The first-order chi connectivity index (χ1) is 11.9. The molecule has 0 atom stereocenters. The highest BCUT2D eigenvalue weighted by molar-refractivity contribution is 6.08. The Labute approximate surface area is 144 Å². The summed E-state index contributed by atoms with van der Waals surface area (Å²) in [4.78, 5) is 44.2. The molecular formula is C17H21N3O5. The van der Waals surface area contributed by atoms with Gasteiger partial charge in [0, 0.05) is 25.7 Å². The minimum atomic E-state index is -1.97. The highest BCUT2D eigenvalue weighted by atomic mass is 16.6. The maximum Gasteiger partial charge on any atom is 0.344 e. The number of aromatic nitrogens is 2. The third-order valence-corrected chi connectivity index (χ3v) is 3.61. The molecule has 1 amide bonds. The molecule has 0 bridgehead atoms. The van der Waals surface area contributed by atoms with Crippen molar-refractivity contribution >= 4 is 28.9 Å². The number of hydrogen-bond donors (Lipinski definition) is 2. The quantitative estimate of drug-likeness (QED) is 0.573. The van der Waals surface area contributed by atoms with Crippen molar-refractivity contribution in [1.29, 1.82) is 0 Å². The average molecular weight is 347 g/mol. The second-order valence-corrected chi connectivity index (χ2v) is 5.42. The molecule has 2 aromatic rings. The maximum atomic E-state index is 12.6. The molecule has 0 aliphatic carbocycles. The van der Waals surface area contributed by atoms with Gasteiger partial charge in [0.1, 0.15) is 0 Å². The predicted molar refractivity (Wildman–Crippen MR) is 89.6 cm³/mol. The molecule has 134 valence electrons. The van der Waals surface area contributed by atoms with E-state index in [1.165, 1.54) is 6.92 Å². The molecule has 0 aliphatic rings. The molecule has 2 aromatic heterocycles. The number of nitrogens with zero attached hydrogens (tertiary/aromatic N) is 1. The van der Waals surface area contributed by atoms with E-state index < -0.39 is 23.4 Å². The molecule has 0 saturated carbocycles. The molecular weight excluding hydrogens is 326 g/mol. The van der Waals surface area contributed by atoms with Crippen molar-refractivity contribution in [2.24, 2.45) is 0 Å². The fraction of sp³-hybridized carbons (Fsp3) is 0.412. The summed E-state index contributed by atoms with van der Waals surface area (Å²) >= 11 is 0. The van der Waals surface area contributed by atoms with E-state index in [0.717, 1.165) is 5.52 Å². The number of fused-ring (bicyclic) bond motifs is 1. The van der Waals surface area contributed by atoms with Gasteiger partial charge in [0.2, 0.25) is 11.4 Å². The second kappa shape index (κ2) is 7.78. The molecule has 0 aliphatic heterocycles. The van der Waals surface area contributed by atoms with Gasteiger partial charge in [-0.15, -0.1) is 0 Å². The van der Waals surface area contributed by atoms with Gasteiger partial charge in [0.15, 0.2) is 0 Å². The molecule has 8 nitrogen and oxygen atoms in total. The summed E-state index contributed by atoms with van der Waals surface area (Å²) in [5.74, 6) is -2.28. The lowest BCUT2D eigenvalue weighted by Gasteiger charge is -2.29. The van der Waals surface area contributed by atoms with E-state index in [0.29, 0.717) is 11.1 Å². The zero-order valence-electron chi connectivity index (χ0n) is 14.4. The molecule has 0 radical (unpaired) electrons. The van der Waals surface area contributed by atoms with Crippen molar-refractivity contribution in [2.75, 3.05) is 13.2 Å². The summed E-state index contributed by atoms with van der Waals surface area (Å²) in [6.45, 7) is 4.59. The van der Waals surface area contributed by atoms with Gasteiger partial charge in [-0.25, -0.2) is 9.59 Å². The minimum absolute atomic E-state index is 0.0612. The van der Waals surface area contributed by atoms with Gasteiger partial charge in [-0.2, -0.15) is 0 Å². The van der Waals surface area contributed by atoms with Crippen molar-refractivity contribution in [2.45, 2.75) is 32.7 Å². The van der Waals surface area contributed by atoms with Crippen LogP contribution in [0.1, 0.15) is 26.3 Å². The predicted octanol–water partition coefficient (Wildman–Crippen LogP) is 1.11. The average Bonchev–Trinajstić information content (AvgIpc) is 2.97. The van der Waals surface area contributed by atoms with Crippen LogP contribution in [0.25, 0.3) is 11.0 Å². The van der Waals surface area contributed by atoms with E-state index in [-0.39, 0.29) is 19.6 Å². The fourth-order valence-corrected chi connectivity index (χ4v) is 2.61. The number of nitrogens with one attached hydrogen (secondary N) is 2. The number of pyridine rings is 1. The van der Waals surface area contributed by atoms with Crippen molar-refractivity contribution in [3.8, 4) is 0 Å². The van der Waals surface area contributed by atoms with Gasteiger partial charge in [0.25, 0.3) is 0 Å². The summed E-state index contributed by atoms with van der Waals surface area (Å²) < 4.78 is 10.1. The van der Waals surface area contributed by atoms with E-state index in [2.05, 4.69) is 15.3 Å². The summed E-state index contributed by atoms with van der Waals surface area (Å²) in [5, 5.41) is 2.44. The standard InChI is InChI=1S/C17H21N3O5/c1-4-24-15(22)17(20-11(3)21,16(23)25-5-2)9-12-10-19-13-7-6-8-18-14(12)13/h6-8,10,19H,4-5,9H2,1-3H3,(H,20,21). The number of amides is 1. The van der Waals surface area contributed by atoms with E-state index in [9.17, 15) is 14.4 Å². The lowest BCUT2D eigenvalue weighted by Crippen LogP contribution is -2.62. The lowest BCUT2D eigenvalue weighted by molar-refractivity contribution is -0.167. The monoisotopic (exact) mass is 347 g/mol. The first-order valence-corrected chi connectivity index (χ1v) is 7.98. The number of hydrogen-bond acceptors (Lipinski definition) is 6. The molecule has 25 heavy (non-hydrogen) atoms. The van der Waals surface area contributed by atoms with Gasteiger partial charge in [-0.3, -0.25) is 9.78 Å². The smallest absolute Gasteiger partial charge is 0.344 e. The Hall–Kier alpha value is -2.90. The highest BCUT2D eigenvalue weighted by Crippen LogP contribution is 2.23. The van der Waals surface area contributed by atoms with Crippen LogP contribution in [-0.4, -0.2) is 46.6 Å². The van der Waals surface area contributed by atoms with Crippen LogP contribution in [-0.2, 0) is 30.3 Å². The van der Waals surface area contributed by atoms with Crippen molar-refractivity contribution < 1.29 is 23.9 Å². The van der Waals surface area contributed by atoms with Crippen molar-refractivity contribution in [3.05, 3.63) is 30.1 Å². The van der Waals surface area contributed by atoms with E-state index in [1.54, 1.807) is 32.3 Å². The molecule has 2 N–H and O–H groups in total. The van der Waals surface area contributed by atoms with Crippen LogP contribution in [0.2, 0.25) is 0 Å². The SMILES string of the molecule is CCOC(=O)C(Cc1c[nH]c2cccnc12)(NC(C)=O)C(=O)OCC. The van der Waals surface area contributed by atoms with Crippen molar-refractivity contribution in [1.82, 2.24) is 15.3 Å². The van der Waals surface area contributed by atoms with Crippen LogP contribution < -0.4 is 5.32 Å². The Balaban J connectivity index is 2.52. The molecule has 0 spiro atoms. The number of H-pyrrole nitrogens is 1. The minimum Gasteiger partial charge on any atom is -0.464 e. The van der Waals surface area contributed by atoms with Gasteiger partial charge < -0.3 is 19.8 Å². The van der Waals surface area contributed by atoms with E-state index >= 15 is 0 Å². The van der Waals surface area contributed by atoms with Gasteiger partial charge in [0.05, 0.1) is 24.2 Å². The summed E-state index contributed by atoms with van der Waals surface area (Å²) in [6, 6.07) is 3.58. The van der Waals surface area contributed by atoms with Crippen LogP contribution >= 0.6 is 0 Å². The Morgan fingerprint density at radius 3 is 2.40 bits per heavy atom. The number of esters is 2. The van der Waals surface area contributed by atoms with E-state index in [4.69, 9.17) is 9.47 Å². The molecule has 0 aromatic carbocycles. The Kier molecular flexibility index (Phi) is 5.74. The maximum absolute atomic E-state index is 12.6. The van der Waals surface area contributed by atoms with Crippen LogP contribution in [0.4, 0.5) is 0 Å². The number of carbonyl (C=O) groups excluding carboxylic acids is 3. The van der Waals surface area contributed by atoms with Gasteiger partial charge in [-0.1, -0.05) is 0 Å². The van der Waals surface area contributed by atoms with Crippen LogP contribution in [0.5, 0.6) is 0 Å². The summed E-state index contributed by atoms with van der Waals surface area (Å²) in [5.41, 5.74) is -0.0250. The molecule has 2 rings (SSSR count). The third-order valence-electron chi connectivity index (χ3n) is 3.61. The van der Waals surface area contributed by atoms with Crippen LogP contribution in [0, 0.1) is 0 Å². The highest BCUT2D eigenvalue weighted by Gasteiger charge is 2.50. The molecule has 2 heterocycles. The molecule has 0 fully saturated rings. The van der Waals surface area contributed by atoms with Gasteiger partial charge in [-0.05, 0) is 31.5 Å². The zero-order chi connectivity index (χ0) is 18.4. The number of carbonyl (C=O) groups is 3. The summed E-state index contributed by atoms with van der Waals surface area (Å²) in [6.07, 6.45) is 3.11. The molecule has 8 heteroatoms. The number of ether oxygens (including phenoxy) is 2. The fourth-order valence-electron chi connectivity index (χ4n) is 2.61. The Morgan fingerprint density at radius 1 is 1.20 bits per heavy atom. The van der Waals surface area contributed by atoms with Crippen LogP contribution in [0.3, 0.4) is 0 Å². The zero-order valence-corrected chi connectivity index (χ0v) is 14.4. The number of aromatic amines is 1. The van der Waals surface area contributed by atoms with Crippen LogP contribution in [0.15, 0.2) is 24.5 Å². The number of rotatable bonds is 7.